The van der Waals surface area contributed by atoms with Crippen LogP contribution in [0.15, 0.2) is 24.3 Å². The van der Waals surface area contributed by atoms with E-state index < -0.39 is 0 Å². The van der Waals surface area contributed by atoms with Crippen LogP contribution < -0.4 is 0 Å². The predicted molar refractivity (Wildman–Crippen MR) is 106 cm³/mol. The van der Waals surface area contributed by atoms with Gasteiger partial charge in [0.25, 0.3) is 0 Å². The Morgan fingerprint density at radius 2 is 1.88 bits per heavy atom. The van der Waals surface area contributed by atoms with E-state index in [2.05, 4.69) is 65.0 Å². The van der Waals surface area contributed by atoms with Gasteiger partial charge in [-0.25, -0.2) is 0 Å². The van der Waals surface area contributed by atoms with Crippen LogP contribution in [0.5, 0.6) is 0 Å². The third-order valence-corrected chi connectivity index (χ3v) is 7.08. The Balaban J connectivity index is 1.64. The van der Waals surface area contributed by atoms with Crippen LogP contribution in [0.3, 0.4) is 0 Å². The lowest BCUT2D eigenvalue weighted by Crippen LogP contribution is -2.16. The van der Waals surface area contributed by atoms with Crippen molar-refractivity contribution in [2.75, 3.05) is 0 Å². The highest BCUT2D eigenvalue weighted by Gasteiger charge is 2.42. The molecule has 0 saturated heterocycles. The van der Waals surface area contributed by atoms with Crippen LogP contribution in [-0.2, 0) is 0 Å². The van der Waals surface area contributed by atoms with E-state index in [4.69, 9.17) is 0 Å². The first kappa shape index (κ1) is 17.8. The first-order valence-corrected chi connectivity index (χ1v) is 10.3. The summed E-state index contributed by atoms with van der Waals surface area (Å²) in [6.45, 7) is 12.0. The second kappa shape index (κ2) is 7.46. The number of benzene rings is 1. The Morgan fingerprint density at radius 3 is 2.62 bits per heavy atom. The van der Waals surface area contributed by atoms with Gasteiger partial charge in [-0.2, -0.15) is 0 Å². The molecule has 0 aromatic heterocycles. The number of aryl methyl sites for hydroxylation is 1. The van der Waals surface area contributed by atoms with Crippen LogP contribution in [0.25, 0.3) is 6.08 Å². The van der Waals surface area contributed by atoms with Gasteiger partial charge in [-0.1, -0.05) is 83.7 Å². The number of fused-ring (bicyclic) bond motifs is 1. The fourth-order valence-electron chi connectivity index (χ4n) is 5.31. The van der Waals surface area contributed by atoms with Crippen LogP contribution in [-0.4, -0.2) is 0 Å². The maximum absolute atomic E-state index is 2.52. The van der Waals surface area contributed by atoms with Crippen molar-refractivity contribution < 1.29 is 0 Å². The largest absolute Gasteiger partial charge is 0.0761 e. The molecule has 0 aliphatic heterocycles. The first-order valence-electron chi connectivity index (χ1n) is 10.3. The third kappa shape index (κ3) is 3.48. The Kier molecular flexibility index (Phi) is 5.52. The standard InChI is InChI=1S/C24H36/c1-16(2)9-6-7-11-20-15-24(19(5)18(20)4)23-14-13-21-17(3)10-8-12-22(21)23/h8,10,12-14,16,18-20,23-24H,6-7,9,11,15H2,1-5H3/t18-,19?,20+,23?,24-/m1/s1. The van der Waals surface area contributed by atoms with Gasteiger partial charge in [0.05, 0.1) is 0 Å². The lowest BCUT2D eigenvalue weighted by molar-refractivity contribution is 0.307. The molecule has 0 spiro atoms. The van der Waals surface area contributed by atoms with Crippen LogP contribution >= 0.6 is 0 Å². The van der Waals surface area contributed by atoms with E-state index in [0.717, 1.165) is 29.6 Å². The van der Waals surface area contributed by atoms with Gasteiger partial charge < -0.3 is 0 Å². The van der Waals surface area contributed by atoms with Crippen LogP contribution in [0.1, 0.15) is 82.4 Å². The molecule has 0 radical (unpaired) electrons. The highest BCUT2D eigenvalue weighted by atomic mass is 14.5. The average Bonchev–Trinajstić information content (AvgIpc) is 3.08. The summed E-state index contributed by atoms with van der Waals surface area (Å²) in [5.41, 5.74) is 4.54. The molecule has 1 aromatic carbocycles. The summed E-state index contributed by atoms with van der Waals surface area (Å²) in [5.74, 6) is 5.05. The summed E-state index contributed by atoms with van der Waals surface area (Å²) in [6, 6.07) is 6.88. The van der Waals surface area contributed by atoms with E-state index in [1.54, 1.807) is 5.56 Å². The van der Waals surface area contributed by atoms with Crippen molar-refractivity contribution in [2.24, 2.45) is 29.6 Å². The molecule has 0 nitrogen and oxygen atoms in total. The van der Waals surface area contributed by atoms with Gasteiger partial charge in [-0.05, 0) is 59.6 Å². The zero-order chi connectivity index (χ0) is 17.3. The van der Waals surface area contributed by atoms with Gasteiger partial charge in [0.15, 0.2) is 0 Å². The molecule has 1 saturated carbocycles. The fourth-order valence-corrected chi connectivity index (χ4v) is 5.31. The fraction of sp³-hybridized carbons (Fsp3) is 0.667. The summed E-state index contributed by atoms with van der Waals surface area (Å²) in [5, 5.41) is 0. The minimum Gasteiger partial charge on any atom is -0.0761 e. The third-order valence-electron chi connectivity index (χ3n) is 7.08. The monoisotopic (exact) mass is 324 g/mol. The molecule has 24 heavy (non-hydrogen) atoms. The molecule has 0 amide bonds. The predicted octanol–water partition coefficient (Wildman–Crippen LogP) is 7.23. The summed E-state index contributed by atoms with van der Waals surface area (Å²) >= 11 is 0. The van der Waals surface area contributed by atoms with Gasteiger partial charge in [-0.3, -0.25) is 0 Å². The molecule has 5 atom stereocenters. The minimum absolute atomic E-state index is 0.665. The molecule has 0 N–H and O–H groups in total. The Hall–Kier alpha value is -1.04. The second-order valence-electron chi connectivity index (χ2n) is 9.02. The normalized spacial score (nSPS) is 31.8. The highest BCUT2D eigenvalue weighted by molar-refractivity contribution is 5.65. The lowest BCUT2D eigenvalue weighted by Gasteiger charge is -2.25. The molecule has 2 unspecified atom stereocenters. The quantitative estimate of drug-likeness (QED) is 0.484. The van der Waals surface area contributed by atoms with E-state index in [-0.39, 0.29) is 0 Å². The maximum atomic E-state index is 2.52. The van der Waals surface area contributed by atoms with Crippen LogP contribution in [0.2, 0.25) is 0 Å². The smallest absolute Gasteiger partial charge is 0.00583 e. The Bertz CT molecular complexity index is 580. The molecular formula is C24H36. The van der Waals surface area contributed by atoms with Gasteiger partial charge in [0, 0.05) is 5.92 Å². The van der Waals surface area contributed by atoms with Crippen molar-refractivity contribution in [1.82, 2.24) is 0 Å². The van der Waals surface area contributed by atoms with E-state index in [1.165, 1.54) is 43.2 Å². The van der Waals surface area contributed by atoms with Gasteiger partial charge in [0.1, 0.15) is 0 Å². The second-order valence-corrected chi connectivity index (χ2v) is 9.02. The average molecular weight is 325 g/mol. The minimum atomic E-state index is 0.665. The van der Waals surface area contributed by atoms with Crippen molar-refractivity contribution in [3.05, 3.63) is 41.0 Å². The molecular weight excluding hydrogens is 288 g/mol. The summed E-state index contributed by atoms with van der Waals surface area (Å²) in [6.07, 6.45) is 12.0. The van der Waals surface area contributed by atoms with Crippen LogP contribution in [0, 0.1) is 36.5 Å². The number of unbranched alkanes of at least 4 members (excludes halogenated alkanes) is 1. The van der Waals surface area contributed by atoms with Crippen molar-refractivity contribution in [2.45, 2.75) is 72.6 Å². The lowest BCUT2D eigenvalue weighted by atomic mass is 9.80. The number of hydrogen-bond donors (Lipinski definition) is 0. The molecule has 1 fully saturated rings. The molecule has 1 aromatic rings. The Labute approximate surface area is 149 Å². The molecule has 2 aliphatic carbocycles. The van der Waals surface area contributed by atoms with E-state index in [9.17, 15) is 0 Å². The zero-order valence-corrected chi connectivity index (χ0v) is 16.4. The summed E-state index contributed by atoms with van der Waals surface area (Å²) in [7, 11) is 0. The Morgan fingerprint density at radius 1 is 1.08 bits per heavy atom. The molecule has 0 bridgehead atoms. The van der Waals surface area contributed by atoms with Crippen molar-refractivity contribution in [3.63, 3.8) is 0 Å². The zero-order valence-electron chi connectivity index (χ0n) is 16.4. The topological polar surface area (TPSA) is 0 Å². The molecule has 132 valence electrons. The number of rotatable bonds is 6. The molecule has 0 heterocycles. The molecule has 0 heteroatoms. The number of hydrogen-bond acceptors (Lipinski definition) is 0. The van der Waals surface area contributed by atoms with Gasteiger partial charge >= 0.3 is 0 Å². The summed E-state index contributed by atoms with van der Waals surface area (Å²) in [4.78, 5) is 0. The SMILES string of the molecule is Cc1cccc2c1C=CC2[C@@H]1C[C@H](CCCCC(C)C)[C@H](C)C1C. The van der Waals surface area contributed by atoms with E-state index in [1.807, 2.05) is 0 Å². The van der Waals surface area contributed by atoms with Crippen molar-refractivity contribution >= 4 is 6.08 Å². The van der Waals surface area contributed by atoms with Crippen LogP contribution in [0.4, 0.5) is 0 Å². The van der Waals surface area contributed by atoms with E-state index in [0.29, 0.717) is 5.92 Å². The first-order chi connectivity index (χ1) is 11.5. The highest BCUT2D eigenvalue weighted by Crippen LogP contribution is 2.52. The van der Waals surface area contributed by atoms with Gasteiger partial charge in [0.2, 0.25) is 0 Å². The molecule has 3 rings (SSSR count). The number of allylic oxidation sites excluding steroid dienone is 1. The summed E-state index contributed by atoms with van der Waals surface area (Å²) < 4.78 is 0. The maximum Gasteiger partial charge on any atom is 0.00583 e. The van der Waals surface area contributed by atoms with Gasteiger partial charge in [-0.15, -0.1) is 0 Å². The van der Waals surface area contributed by atoms with Crippen molar-refractivity contribution in [3.8, 4) is 0 Å². The molecule has 2 aliphatic rings. The van der Waals surface area contributed by atoms with E-state index >= 15 is 0 Å². The van der Waals surface area contributed by atoms with Crippen molar-refractivity contribution in [1.29, 1.82) is 0 Å².